The average Bonchev–Trinajstić information content (AvgIpc) is 2.71. The second-order valence-corrected chi connectivity index (χ2v) is 8.96. The molecule has 1 atom stereocenters. The van der Waals surface area contributed by atoms with Crippen molar-refractivity contribution in [3.05, 3.63) is 93.2 Å². The van der Waals surface area contributed by atoms with Gasteiger partial charge in [0.1, 0.15) is 0 Å². The number of Topliss-reactive ketones (excluding diaryl/α,β-unsaturated/α-hetero) is 1. The molecular weight excluding hydrogens is 376 g/mol. The first-order valence-corrected chi connectivity index (χ1v) is 10.1. The molecule has 3 aromatic carbocycles. The number of nitrogens with zero attached hydrogens (tertiary/aromatic N) is 1. The number of ketones is 1. The fourth-order valence-corrected chi connectivity index (χ4v) is 5.01. The molecule has 0 spiro atoms. The van der Waals surface area contributed by atoms with E-state index in [-0.39, 0.29) is 21.8 Å². The molecular formula is C25H22N2O3. The SMILES string of the molecule is CC1(C)CC(=O)C2=C(C1)Nc1ccc3ccccc3c1[C@@H]2c1ccccc1[N+](=O)[O-]. The molecule has 150 valence electrons. The Kier molecular flexibility index (Phi) is 4.03. The summed E-state index contributed by atoms with van der Waals surface area (Å²) in [4.78, 5) is 24.9. The number of carbonyl (C=O) groups excluding carboxylic acids is 1. The number of hydrogen-bond donors (Lipinski definition) is 1. The van der Waals surface area contributed by atoms with Crippen LogP contribution in [0.5, 0.6) is 0 Å². The van der Waals surface area contributed by atoms with E-state index in [4.69, 9.17) is 0 Å². The molecule has 1 heterocycles. The van der Waals surface area contributed by atoms with Crippen molar-refractivity contribution in [2.75, 3.05) is 5.32 Å². The van der Waals surface area contributed by atoms with Crippen LogP contribution in [0.2, 0.25) is 0 Å². The van der Waals surface area contributed by atoms with E-state index in [0.29, 0.717) is 17.6 Å². The van der Waals surface area contributed by atoms with Gasteiger partial charge in [-0.2, -0.15) is 0 Å². The third kappa shape index (κ3) is 2.81. The summed E-state index contributed by atoms with van der Waals surface area (Å²) < 4.78 is 0. The molecule has 0 saturated carbocycles. The Labute approximate surface area is 174 Å². The van der Waals surface area contributed by atoms with Crippen molar-refractivity contribution in [3.8, 4) is 0 Å². The number of carbonyl (C=O) groups is 1. The van der Waals surface area contributed by atoms with Crippen LogP contribution < -0.4 is 5.32 Å². The molecule has 5 rings (SSSR count). The van der Waals surface area contributed by atoms with E-state index in [1.165, 1.54) is 6.07 Å². The summed E-state index contributed by atoms with van der Waals surface area (Å²) >= 11 is 0. The number of anilines is 1. The fourth-order valence-electron chi connectivity index (χ4n) is 5.01. The highest BCUT2D eigenvalue weighted by Crippen LogP contribution is 2.52. The lowest BCUT2D eigenvalue weighted by molar-refractivity contribution is -0.385. The van der Waals surface area contributed by atoms with Crippen molar-refractivity contribution in [2.45, 2.75) is 32.6 Å². The molecule has 0 saturated heterocycles. The summed E-state index contributed by atoms with van der Waals surface area (Å²) in [7, 11) is 0. The first kappa shape index (κ1) is 18.6. The van der Waals surface area contributed by atoms with Crippen LogP contribution in [0.4, 0.5) is 11.4 Å². The van der Waals surface area contributed by atoms with E-state index in [9.17, 15) is 14.9 Å². The minimum atomic E-state index is -0.465. The number of nitro benzene ring substituents is 1. The summed E-state index contributed by atoms with van der Waals surface area (Å²) in [6, 6.07) is 18.9. The topological polar surface area (TPSA) is 72.2 Å². The van der Waals surface area contributed by atoms with E-state index < -0.39 is 5.92 Å². The van der Waals surface area contributed by atoms with Crippen molar-refractivity contribution in [2.24, 2.45) is 5.41 Å². The zero-order valence-electron chi connectivity index (χ0n) is 16.9. The van der Waals surface area contributed by atoms with Gasteiger partial charge in [-0.25, -0.2) is 0 Å². The van der Waals surface area contributed by atoms with Gasteiger partial charge in [0.2, 0.25) is 0 Å². The van der Waals surface area contributed by atoms with Gasteiger partial charge in [0.15, 0.2) is 5.78 Å². The quantitative estimate of drug-likeness (QED) is 0.428. The molecule has 0 fully saturated rings. The van der Waals surface area contributed by atoms with Gasteiger partial charge in [-0.3, -0.25) is 14.9 Å². The highest BCUT2D eigenvalue weighted by Gasteiger charge is 2.42. The standard InChI is InChI=1S/C25H22N2O3/c1-25(2)13-19-24(21(28)14-25)23(17-9-5-6-10-20(17)27(29)30)22-16-8-4-3-7-15(16)11-12-18(22)26-19/h3-12,23,26H,13-14H2,1-2H3/t23-/m0/s1. The number of rotatable bonds is 2. The minimum Gasteiger partial charge on any atom is -0.358 e. The van der Waals surface area contributed by atoms with Crippen LogP contribution in [0, 0.1) is 15.5 Å². The Morgan fingerprint density at radius 1 is 1.00 bits per heavy atom. The second-order valence-electron chi connectivity index (χ2n) is 8.96. The summed E-state index contributed by atoms with van der Waals surface area (Å²) in [6.07, 6.45) is 1.17. The summed E-state index contributed by atoms with van der Waals surface area (Å²) in [5.74, 6) is -0.400. The van der Waals surface area contributed by atoms with Crippen LogP contribution in [0.15, 0.2) is 71.9 Å². The van der Waals surface area contributed by atoms with Gasteiger partial charge in [-0.05, 0) is 34.2 Å². The zero-order chi connectivity index (χ0) is 21.0. The predicted molar refractivity (Wildman–Crippen MR) is 118 cm³/mol. The Hall–Kier alpha value is -3.47. The third-order valence-electron chi connectivity index (χ3n) is 6.20. The van der Waals surface area contributed by atoms with Gasteiger partial charge in [0, 0.05) is 40.9 Å². The number of hydrogen-bond acceptors (Lipinski definition) is 4. The van der Waals surface area contributed by atoms with Crippen LogP contribution >= 0.6 is 0 Å². The lowest BCUT2D eigenvalue weighted by Gasteiger charge is -2.39. The Bertz CT molecular complexity index is 1260. The van der Waals surface area contributed by atoms with Gasteiger partial charge in [-0.15, -0.1) is 0 Å². The lowest BCUT2D eigenvalue weighted by Crippen LogP contribution is -2.34. The molecule has 1 aliphatic heterocycles. The molecule has 0 unspecified atom stereocenters. The number of allylic oxidation sites excluding steroid dienone is 2. The number of benzene rings is 3. The molecule has 1 N–H and O–H groups in total. The molecule has 0 bridgehead atoms. The van der Waals surface area contributed by atoms with E-state index >= 15 is 0 Å². The maximum atomic E-state index is 13.4. The van der Waals surface area contributed by atoms with Crippen molar-refractivity contribution in [1.29, 1.82) is 0 Å². The zero-order valence-corrected chi connectivity index (χ0v) is 16.9. The smallest absolute Gasteiger partial charge is 0.273 e. The Morgan fingerprint density at radius 3 is 2.53 bits per heavy atom. The Balaban J connectivity index is 1.86. The average molecular weight is 398 g/mol. The molecule has 5 nitrogen and oxygen atoms in total. The first-order chi connectivity index (χ1) is 14.4. The molecule has 0 aromatic heterocycles. The second kappa shape index (κ2) is 6.52. The van der Waals surface area contributed by atoms with Gasteiger partial charge >= 0.3 is 0 Å². The number of nitrogens with one attached hydrogen (secondary N) is 1. The molecule has 2 aliphatic rings. The Morgan fingerprint density at radius 2 is 1.73 bits per heavy atom. The number of para-hydroxylation sites is 1. The fraction of sp³-hybridized carbons (Fsp3) is 0.240. The summed E-state index contributed by atoms with van der Waals surface area (Å²) in [5, 5.41) is 17.4. The monoisotopic (exact) mass is 398 g/mol. The van der Waals surface area contributed by atoms with Crippen LogP contribution in [0.3, 0.4) is 0 Å². The normalized spacial score (nSPS) is 19.8. The maximum absolute atomic E-state index is 13.4. The molecule has 0 radical (unpaired) electrons. The molecule has 30 heavy (non-hydrogen) atoms. The van der Waals surface area contributed by atoms with Crippen molar-refractivity contribution >= 4 is 27.9 Å². The van der Waals surface area contributed by atoms with Crippen molar-refractivity contribution < 1.29 is 9.72 Å². The molecule has 1 aliphatic carbocycles. The van der Waals surface area contributed by atoms with Gasteiger partial charge in [-0.1, -0.05) is 62.4 Å². The van der Waals surface area contributed by atoms with Crippen LogP contribution in [-0.2, 0) is 4.79 Å². The molecule has 0 amide bonds. The first-order valence-electron chi connectivity index (χ1n) is 10.1. The van der Waals surface area contributed by atoms with Crippen LogP contribution in [-0.4, -0.2) is 10.7 Å². The molecule has 3 aromatic rings. The molecule has 5 heteroatoms. The van der Waals surface area contributed by atoms with E-state index in [0.717, 1.165) is 34.1 Å². The van der Waals surface area contributed by atoms with Gasteiger partial charge in [0.05, 0.1) is 4.92 Å². The van der Waals surface area contributed by atoms with Gasteiger partial charge < -0.3 is 5.32 Å². The number of fused-ring (bicyclic) bond motifs is 3. The summed E-state index contributed by atoms with van der Waals surface area (Å²) in [5.41, 5.74) is 3.89. The van der Waals surface area contributed by atoms with E-state index in [1.807, 2.05) is 36.4 Å². The van der Waals surface area contributed by atoms with Gasteiger partial charge in [0.25, 0.3) is 5.69 Å². The third-order valence-corrected chi connectivity index (χ3v) is 6.20. The van der Waals surface area contributed by atoms with Crippen molar-refractivity contribution in [3.63, 3.8) is 0 Å². The highest BCUT2D eigenvalue weighted by atomic mass is 16.6. The van der Waals surface area contributed by atoms with E-state index in [2.05, 4.69) is 25.2 Å². The number of nitro groups is 1. The minimum absolute atomic E-state index is 0.0489. The summed E-state index contributed by atoms with van der Waals surface area (Å²) in [6.45, 7) is 4.18. The van der Waals surface area contributed by atoms with Crippen LogP contribution in [0.1, 0.15) is 43.7 Å². The van der Waals surface area contributed by atoms with Crippen LogP contribution in [0.25, 0.3) is 10.8 Å². The largest absolute Gasteiger partial charge is 0.358 e. The maximum Gasteiger partial charge on any atom is 0.273 e. The van der Waals surface area contributed by atoms with E-state index in [1.54, 1.807) is 12.1 Å². The lowest BCUT2D eigenvalue weighted by atomic mass is 9.68. The highest BCUT2D eigenvalue weighted by molar-refractivity contribution is 6.04. The van der Waals surface area contributed by atoms with Crippen molar-refractivity contribution in [1.82, 2.24) is 0 Å². The predicted octanol–water partition coefficient (Wildman–Crippen LogP) is 5.95.